The summed E-state index contributed by atoms with van der Waals surface area (Å²) in [6, 6.07) is 0. The van der Waals surface area contributed by atoms with Crippen LogP contribution in [0.3, 0.4) is 0 Å². The van der Waals surface area contributed by atoms with Crippen molar-refractivity contribution in [3.05, 3.63) is 0 Å². The van der Waals surface area contributed by atoms with Crippen molar-refractivity contribution < 1.29 is 4.79 Å². The van der Waals surface area contributed by atoms with E-state index in [4.69, 9.17) is 0 Å². The molecule has 0 aromatic carbocycles. The van der Waals surface area contributed by atoms with Gasteiger partial charge >= 0.3 is 0 Å². The summed E-state index contributed by atoms with van der Waals surface area (Å²) in [4.78, 5) is 11.6. The van der Waals surface area contributed by atoms with E-state index in [2.05, 4.69) is 21.7 Å². The van der Waals surface area contributed by atoms with Crippen LogP contribution >= 0.6 is 23.5 Å². The van der Waals surface area contributed by atoms with Crippen LogP contribution in [-0.4, -0.2) is 28.3 Å². The lowest BCUT2D eigenvalue weighted by Crippen LogP contribution is -2.44. The third kappa shape index (κ3) is 1.76. The van der Waals surface area contributed by atoms with E-state index in [1.54, 1.807) is 23.5 Å². The predicted octanol–water partition coefficient (Wildman–Crippen LogP) is -1.20. The van der Waals surface area contributed by atoms with Crippen molar-refractivity contribution in [1.29, 1.82) is 0 Å². The van der Waals surface area contributed by atoms with Crippen molar-refractivity contribution in [3.8, 4) is 0 Å². The number of Topliss-reactive ketones (excluding diaryl/α,β-unsaturated/α-hetero) is 1. The maximum Gasteiger partial charge on any atom is 0.189 e. The quantitative estimate of drug-likeness (QED) is 0.453. The summed E-state index contributed by atoms with van der Waals surface area (Å²) >= 11 is 3.17. The molecule has 0 spiro atoms. The molecule has 0 radical (unpaired) electrons. The number of carbonyl (C=O) groups excluding carboxylic acids is 1. The summed E-state index contributed by atoms with van der Waals surface area (Å²) in [5.74, 6) is 1.78. The van der Waals surface area contributed by atoms with Crippen molar-refractivity contribution in [2.24, 2.45) is 0 Å². The molecule has 2 aliphatic heterocycles. The molecule has 12 heavy (non-hydrogen) atoms. The Hall–Kier alpha value is 0.210. The molecule has 2 fully saturated rings. The van der Waals surface area contributed by atoms with Crippen LogP contribution in [0.4, 0.5) is 0 Å². The van der Waals surface area contributed by atoms with Gasteiger partial charge in [-0.15, -0.1) is 23.5 Å². The molecule has 68 valence electrons. The highest BCUT2D eigenvalue weighted by Crippen LogP contribution is 2.19. The Balaban J connectivity index is 1.89. The monoisotopic (exact) mass is 206 g/mol. The topological polar surface area (TPSA) is 65.2 Å². The second-order valence-electron chi connectivity index (χ2n) is 2.43. The number of carbonyl (C=O) groups is 1. The van der Waals surface area contributed by atoms with Crippen molar-refractivity contribution in [1.82, 2.24) is 21.7 Å². The fourth-order valence-electron chi connectivity index (χ4n) is 1.05. The van der Waals surface area contributed by atoms with Gasteiger partial charge in [0, 0.05) is 0 Å². The van der Waals surface area contributed by atoms with Gasteiger partial charge in [0.1, 0.15) is 10.7 Å². The van der Waals surface area contributed by atoms with E-state index >= 15 is 0 Å². The SMILES string of the molecule is O=C(C1NNCS1)C1NNCS1. The predicted molar refractivity (Wildman–Crippen MR) is 50.0 cm³/mol. The third-order valence-electron chi connectivity index (χ3n) is 1.63. The zero-order chi connectivity index (χ0) is 8.39. The number of ketones is 1. The molecule has 2 heterocycles. The van der Waals surface area contributed by atoms with Gasteiger partial charge in [-0.1, -0.05) is 0 Å². The number of hydrogen-bond acceptors (Lipinski definition) is 7. The lowest BCUT2D eigenvalue weighted by molar-refractivity contribution is -0.119. The number of nitrogens with one attached hydrogen (secondary N) is 4. The van der Waals surface area contributed by atoms with Crippen molar-refractivity contribution in [2.75, 3.05) is 11.8 Å². The fraction of sp³-hybridized carbons (Fsp3) is 0.800. The molecule has 0 aromatic rings. The van der Waals surface area contributed by atoms with Crippen LogP contribution in [0.1, 0.15) is 0 Å². The normalized spacial score (nSPS) is 35.7. The first-order valence-corrected chi connectivity index (χ1v) is 5.71. The average Bonchev–Trinajstić information content (AvgIpc) is 2.77. The van der Waals surface area contributed by atoms with Crippen LogP contribution in [-0.2, 0) is 4.79 Å². The molecule has 0 aliphatic carbocycles. The molecule has 2 unspecified atom stereocenters. The number of hydrazine groups is 2. The molecule has 2 saturated heterocycles. The fourth-order valence-corrected chi connectivity index (χ4v) is 2.73. The number of hydrogen-bond donors (Lipinski definition) is 4. The van der Waals surface area contributed by atoms with Crippen molar-refractivity contribution in [2.45, 2.75) is 10.7 Å². The van der Waals surface area contributed by atoms with Crippen LogP contribution < -0.4 is 21.7 Å². The Morgan fingerprint density at radius 1 is 1.08 bits per heavy atom. The summed E-state index contributed by atoms with van der Waals surface area (Å²) in [6.07, 6.45) is 0. The highest BCUT2D eigenvalue weighted by Gasteiger charge is 2.31. The van der Waals surface area contributed by atoms with Crippen LogP contribution in [0.2, 0.25) is 0 Å². The van der Waals surface area contributed by atoms with E-state index in [1.807, 2.05) is 0 Å². The first-order chi connectivity index (χ1) is 5.88. The highest BCUT2D eigenvalue weighted by molar-refractivity contribution is 8.02. The van der Waals surface area contributed by atoms with Crippen molar-refractivity contribution >= 4 is 29.3 Å². The first kappa shape index (κ1) is 8.79. The lowest BCUT2D eigenvalue weighted by Gasteiger charge is -2.11. The van der Waals surface area contributed by atoms with Crippen molar-refractivity contribution in [3.63, 3.8) is 0 Å². The zero-order valence-corrected chi connectivity index (χ0v) is 7.93. The maximum absolute atomic E-state index is 11.6. The number of rotatable bonds is 2. The molecule has 0 saturated carbocycles. The molecule has 7 heteroatoms. The van der Waals surface area contributed by atoms with Gasteiger partial charge in [0.05, 0.1) is 11.8 Å². The van der Waals surface area contributed by atoms with E-state index in [9.17, 15) is 4.79 Å². The Kier molecular flexibility index (Phi) is 2.89. The molecular formula is C5H10N4OS2. The van der Waals surface area contributed by atoms with Gasteiger partial charge in [0.15, 0.2) is 5.78 Å². The Morgan fingerprint density at radius 2 is 1.58 bits per heavy atom. The van der Waals surface area contributed by atoms with Crippen LogP contribution in [0, 0.1) is 0 Å². The molecular weight excluding hydrogens is 196 g/mol. The summed E-state index contributed by atoms with van der Waals surface area (Å²) in [5.41, 5.74) is 11.7. The Bertz CT molecular complexity index is 160. The largest absolute Gasteiger partial charge is 0.294 e. The van der Waals surface area contributed by atoms with Crippen LogP contribution in [0.5, 0.6) is 0 Å². The van der Waals surface area contributed by atoms with Gasteiger partial charge in [0.25, 0.3) is 0 Å². The average molecular weight is 206 g/mol. The Labute approximate surface area is 78.7 Å². The second-order valence-corrected chi connectivity index (χ2v) is 4.61. The van der Waals surface area contributed by atoms with E-state index in [-0.39, 0.29) is 16.5 Å². The van der Waals surface area contributed by atoms with Gasteiger partial charge in [-0.05, 0) is 0 Å². The molecule has 0 amide bonds. The minimum absolute atomic E-state index is 0.102. The van der Waals surface area contributed by atoms with E-state index < -0.39 is 0 Å². The highest BCUT2D eigenvalue weighted by atomic mass is 32.2. The molecule has 2 aliphatic rings. The van der Waals surface area contributed by atoms with E-state index in [0.29, 0.717) is 0 Å². The molecule has 0 aromatic heterocycles. The molecule has 0 bridgehead atoms. The summed E-state index contributed by atoms with van der Waals surface area (Å²) < 4.78 is 0. The molecule has 2 rings (SSSR count). The van der Waals surface area contributed by atoms with E-state index in [0.717, 1.165) is 11.8 Å². The van der Waals surface area contributed by atoms with Crippen LogP contribution in [0.15, 0.2) is 0 Å². The first-order valence-electron chi connectivity index (χ1n) is 3.61. The summed E-state index contributed by atoms with van der Waals surface area (Å²) in [5, 5.41) is -0.204. The smallest absolute Gasteiger partial charge is 0.189 e. The standard InChI is InChI=1S/C5H10N4OS2/c10-3(4-8-6-1-11-4)5-9-7-2-12-5/h4-9H,1-2H2. The van der Waals surface area contributed by atoms with Gasteiger partial charge in [-0.25, -0.2) is 21.7 Å². The van der Waals surface area contributed by atoms with Gasteiger partial charge < -0.3 is 0 Å². The second kappa shape index (κ2) is 3.95. The van der Waals surface area contributed by atoms with E-state index in [1.165, 1.54) is 0 Å². The number of thioether (sulfide) groups is 2. The maximum atomic E-state index is 11.6. The Morgan fingerprint density at radius 3 is 1.92 bits per heavy atom. The minimum atomic E-state index is -0.102. The van der Waals surface area contributed by atoms with Gasteiger partial charge in [0.2, 0.25) is 0 Å². The van der Waals surface area contributed by atoms with Crippen LogP contribution in [0.25, 0.3) is 0 Å². The molecule has 4 N–H and O–H groups in total. The molecule has 2 atom stereocenters. The third-order valence-corrected chi connectivity index (χ3v) is 3.62. The lowest BCUT2D eigenvalue weighted by atomic mass is 10.4. The minimum Gasteiger partial charge on any atom is -0.294 e. The zero-order valence-electron chi connectivity index (χ0n) is 6.29. The van der Waals surface area contributed by atoms with Gasteiger partial charge in [-0.3, -0.25) is 4.79 Å². The summed E-state index contributed by atoms with van der Waals surface area (Å²) in [7, 11) is 0. The summed E-state index contributed by atoms with van der Waals surface area (Å²) in [6.45, 7) is 0. The molecule has 5 nitrogen and oxygen atoms in total. The van der Waals surface area contributed by atoms with Gasteiger partial charge in [-0.2, -0.15) is 0 Å².